The van der Waals surface area contributed by atoms with E-state index in [0.29, 0.717) is 0 Å². The maximum absolute atomic E-state index is 12.4. The molecule has 0 aromatic carbocycles. The van der Waals surface area contributed by atoms with E-state index in [-0.39, 0.29) is 5.01 Å². The van der Waals surface area contributed by atoms with E-state index >= 15 is 0 Å². The molecule has 1 unspecified atom stereocenters. The number of hydrazone groups is 1. The van der Waals surface area contributed by atoms with Crippen molar-refractivity contribution in [3.05, 3.63) is 0 Å². The van der Waals surface area contributed by atoms with Crippen molar-refractivity contribution in [1.29, 1.82) is 0 Å². The minimum Gasteiger partial charge on any atom is -0.464 e. The lowest BCUT2D eigenvalue weighted by molar-refractivity contribution is -0.213. The van der Waals surface area contributed by atoms with Crippen molar-refractivity contribution >= 4 is 12.3 Å². The first-order valence-electron chi connectivity index (χ1n) is 3.41. The molecule has 1 aliphatic heterocycles. The normalized spacial score (nSPS) is 28.2. The number of hydrogen-bond acceptors (Lipinski definition) is 2. The lowest BCUT2D eigenvalue weighted by Gasteiger charge is -2.32. The molecule has 1 aliphatic rings. The van der Waals surface area contributed by atoms with Crippen molar-refractivity contribution < 1.29 is 23.1 Å². The first-order valence-corrected chi connectivity index (χ1v) is 3.41. The van der Waals surface area contributed by atoms with Gasteiger partial charge in [0.05, 0.1) is 0 Å². The average Bonchev–Trinajstić information content (AvgIpc) is 2.30. The molecule has 1 amide bonds. The Labute approximate surface area is 71.6 Å². The number of carboxylic acid groups (broad SMARTS) is 1. The highest BCUT2D eigenvalue weighted by atomic mass is 19.4. The predicted molar refractivity (Wildman–Crippen MR) is 37.4 cm³/mol. The number of alkyl halides is 3. The van der Waals surface area contributed by atoms with Crippen LogP contribution >= 0.6 is 0 Å². The smallest absolute Gasteiger partial charge is 0.428 e. The van der Waals surface area contributed by atoms with Gasteiger partial charge in [-0.2, -0.15) is 23.3 Å². The molecule has 1 N–H and O–H groups in total. The zero-order chi connectivity index (χ0) is 10.3. The van der Waals surface area contributed by atoms with Gasteiger partial charge >= 0.3 is 12.3 Å². The highest BCUT2D eigenvalue weighted by Crippen LogP contribution is 2.40. The molecule has 1 atom stereocenters. The van der Waals surface area contributed by atoms with Gasteiger partial charge in [-0.1, -0.05) is 0 Å². The second-order valence-electron chi connectivity index (χ2n) is 2.87. The van der Waals surface area contributed by atoms with Gasteiger partial charge in [0.25, 0.3) is 0 Å². The van der Waals surface area contributed by atoms with Crippen molar-refractivity contribution in [2.75, 3.05) is 0 Å². The molecule has 1 rings (SSSR count). The van der Waals surface area contributed by atoms with Crippen LogP contribution in [-0.4, -0.2) is 34.1 Å². The van der Waals surface area contributed by atoms with Crippen LogP contribution in [0.4, 0.5) is 18.0 Å². The fraction of sp³-hybridized carbons (Fsp3) is 0.667. The third kappa shape index (κ3) is 1.34. The van der Waals surface area contributed by atoms with E-state index in [2.05, 4.69) is 5.10 Å². The summed E-state index contributed by atoms with van der Waals surface area (Å²) in [7, 11) is 0. The van der Waals surface area contributed by atoms with Gasteiger partial charge in [-0.3, -0.25) is 0 Å². The van der Waals surface area contributed by atoms with E-state index in [4.69, 9.17) is 5.11 Å². The number of carbonyl (C=O) groups is 1. The third-order valence-corrected chi connectivity index (χ3v) is 1.95. The monoisotopic (exact) mass is 196 g/mol. The molecule has 0 aliphatic carbocycles. The molecule has 7 heteroatoms. The molecule has 0 radical (unpaired) electrons. The summed E-state index contributed by atoms with van der Waals surface area (Å²) in [5, 5.41) is 11.6. The fourth-order valence-electron chi connectivity index (χ4n) is 1.01. The summed E-state index contributed by atoms with van der Waals surface area (Å²) in [6, 6.07) is 0. The van der Waals surface area contributed by atoms with Crippen LogP contribution in [0.2, 0.25) is 0 Å². The Morgan fingerprint density at radius 2 is 2.23 bits per heavy atom. The van der Waals surface area contributed by atoms with E-state index in [9.17, 15) is 18.0 Å². The summed E-state index contributed by atoms with van der Waals surface area (Å²) in [6.07, 6.45) is -5.81. The van der Waals surface area contributed by atoms with Crippen molar-refractivity contribution in [2.45, 2.75) is 25.1 Å². The van der Waals surface area contributed by atoms with E-state index in [0.717, 1.165) is 13.1 Å². The van der Waals surface area contributed by atoms with Crippen LogP contribution in [0, 0.1) is 0 Å². The zero-order valence-corrected chi connectivity index (χ0v) is 6.67. The topological polar surface area (TPSA) is 52.9 Å². The first-order chi connectivity index (χ1) is 5.79. The van der Waals surface area contributed by atoms with Gasteiger partial charge in [0.1, 0.15) is 0 Å². The molecule has 0 saturated heterocycles. The predicted octanol–water partition coefficient (Wildman–Crippen LogP) is 1.68. The van der Waals surface area contributed by atoms with Crippen molar-refractivity contribution in [2.24, 2.45) is 5.10 Å². The van der Waals surface area contributed by atoms with E-state index in [1.165, 1.54) is 0 Å². The Kier molecular flexibility index (Phi) is 1.97. The van der Waals surface area contributed by atoms with Crippen LogP contribution in [-0.2, 0) is 0 Å². The molecule has 4 nitrogen and oxygen atoms in total. The Bertz CT molecular complexity index is 263. The third-order valence-electron chi connectivity index (χ3n) is 1.95. The molecule has 1 heterocycles. The Balaban J connectivity index is 2.99. The van der Waals surface area contributed by atoms with Gasteiger partial charge in [0.2, 0.25) is 0 Å². The summed E-state index contributed by atoms with van der Waals surface area (Å²) in [4.78, 5) is 10.4. The Morgan fingerprint density at radius 3 is 2.54 bits per heavy atom. The summed E-state index contributed by atoms with van der Waals surface area (Å²) in [5.41, 5.74) is -2.42. The fourth-order valence-corrected chi connectivity index (χ4v) is 1.01. The van der Waals surface area contributed by atoms with Crippen LogP contribution in [0.15, 0.2) is 5.10 Å². The van der Waals surface area contributed by atoms with Crippen LogP contribution < -0.4 is 0 Å². The number of nitrogens with zero attached hydrogens (tertiary/aromatic N) is 2. The van der Waals surface area contributed by atoms with Crippen LogP contribution in [0.25, 0.3) is 0 Å². The van der Waals surface area contributed by atoms with Crippen molar-refractivity contribution in [1.82, 2.24) is 5.01 Å². The van der Waals surface area contributed by atoms with Gasteiger partial charge in [-0.05, 0) is 6.92 Å². The van der Waals surface area contributed by atoms with Gasteiger partial charge < -0.3 is 5.11 Å². The Hall–Kier alpha value is -1.27. The molecule has 13 heavy (non-hydrogen) atoms. The quantitative estimate of drug-likeness (QED) is 0.640. The van der Waals surface area contributed by atoms with E-state index in [1.54, 1.807) is 0 Å². The van der Waals surface area contributed by atoms with Crippen LogP contribution in [0.1, 0.15) is 13.3 Å². The lowest BCUT2D eigenvalue weighted by atomic mass is 9.99. The molecule has 0 fully saturated rings. The lowest BCUT2D eigenvalue weighted by Crippen LogP contribution is -2.53. The molecular weight excluding hydrogens is 189 g/mol. The minimum absolute atomic E-state index is 0.0347. The SMILES string of the molecule is CC1(C(F)(F)F)CC=NN1C(=O)O. The summed E-state index contributed by atoms with van der Waals surface area (Å²) >= 11 is 0. The number of amides is 1. The van der Waals surface area contributed by atoms with Crippen molar-refractivity contribution in [3.8, 4) is 0 Å². The standard InChI is InChI=1S/C6H7F3N2O2/c1-5(6(7,8)9)2-3-10-11(5)4(12)13/h3H,2H2,1H3,(H,12,13). The molecule has 74 valence electrons. The first kappa shape index (κ1) is 9.82. The van der Waals surface area contributed by atoms with Crippen molar-refractivity contribution in [3.63, 3.8) is 0 Å². The summed E-state index contributed by atoms with van der Waals surface area (Å²) in [6.45, 7) is 0.800. The highest BCUT2D eigenvalue weighted by Gasteiger charge is 2.58. The van der Waals surface area contributed by atoms with Crippen LogP contribution in [0.5, 0.6) is 0 Å². The average molecular weight is 196 g/mol. The summed E-state index contributed by atoms with van der Waals surface area (Å²) in [5.74, 6) is 0. The molecule has 0 aromatic heterocycles. The van der Waals surface area contributed by atoms with Gasteiger partial charge in [0.15, 0.2) is 5.54 Å². The second kappa shape index (κ2) is 2.61. The largest absolute Gasteiger partial charge is 0.464 e. The molecule has 0 bridgehead atoms. The van der Waals surface area contributed by atoms with Crippen LogP contribution in [0.3, 0.4) is 0 Å². The van der Waals surface area contributed by atoms with Gasteiger partial charge in [-0.25, -0.2) is 4.79 Å². The number of hydrogen-bond donors (Lipinski definition) is 1. The zero-order valence-electron chi connectivity index (χ0n) is 6.67. The number of rotatable bonds is 0. The second-order valence-corrected chi connectivity index (χ2v) is 2.87. The van der Waals surface area contributed by atoms with E-state index in [1.807, 2.05) is 0 Å². The number of halogens is 3. The summed E-state index contributed by atoms with van der Waals surface area (Å²) < 4.78 is 37.1. The highest BCUT2D eigenvalue weighted by molar-refractivity contribution is 5.73. The van der Waals surface area contributed by atoms with E-state index < -0.39 is 24.2 Å². The van der Waals surface area contributed by atoms with Gasteiger partial charge in [0, 0.05) is 12.6 Å². The molecule has 0 aromatic rings. The molecular formula is C6H7F3N2O2. The van der Waals surface area contributed by atoms with Gasteiger partial charge in [-0.15, -0.1) is 0 Å². The maximum atomic E-state index is 12.4. The molecule has 0 saturated carbocycles. The Morgan fingerprint density at radius 1 is 1.69 bits per heavy atom. The maximum Gasteiger partial charge on any atom is 0.428 e. The molecule has 0 spiro atoms. The minimum atomic E-state index is -4.61.